The Kier molecular flexibility index (Phi) is 2.55. The van der Waals surface area contributed by atoms with Crippen LogP contribution in [-0.4, -0.2) is 16.7 Å². The van der Waals surface area contributed by atoms with Crippen LogP contribution in [0.15, 0.2) is 30.4 Å². The van der Waals surface area contributed by atoms with Crippen LogP contribution in [0, 0.1) is 40.7 Å². The van der Waals surface area contributed by atoms with Crippen molar-refractivity contribution < 1.29 is 14.5 Å². The molecule has 112 valence electrons. The lowest BCUT2D eigenvalue weighted by molar-refractivity contribution is -0.385. The molecule has 2 fully saturated rings. The number of allylic oxidation sites excluding steroid dienone is 2. The molecule has 0 unspecified atom stereocenters. The molecule has 0 radical (unpaired) electrons. The molecule has 6 nitrogen and oxygen atoms in total. The van der Waals surface area contributed by atoms with E-state index in [4.69, 9.17) is 0 Å². The molecule has 4 rings (SSSR count). The number of anilines is 1. The van der Waals surface area contributed by atoms with Crippen molar-refractivity contribution in [2.24, 2.45) is 23.7 Å². The number of nitro benzene ring substituents is 1. The number of imide groups is 1. The summed E-state index contributed by atoms with van der Waals surface area (Å²) in [6.07, 6.45) is 4.92. The molecule has 1 aromatic rings. The number of rotatable bonds is 2. The highest BCUT2D eigenvalue weighted by Gasteiger charge is 2.59. The van der Waals surface area contributed by atoms with Crippen molar-refractivity contribution in [2.75, 3.05) is 4.90 Å². The maximum absolute atomic E-state index is 12.7. The van der Waals surface area contributed by atoms with Crippen LogP contribution in [0.4, 0.5) is 11.4 Å². The lowest BCUT2D eigenvalue weighted by Gasteiger charge is -2.17. The monoisotopic (exact) mass is 298 g/mol. The van der Waals surface area contributed by atoms with Crippen LogP contribution >= 0.6 is 0 Å². The van der Waals surface area contributed by atoms with Crippen molar-refractivity contribution in [3.8, 4) is 0 Å². The molecule has 1 heterocycles. The molecule has 3 aliphatic rings. The van der Waals surface area contributed by atoms with Gasteiger partial charge in [-0.15, -0.1) is 0 Å². The summed E-state index contributed by atoms with van der Waals surface area (Å²) in [6.45, 7) is 1.63. The van der Waals surface area contributed by atoms with Gasteiger partial charge in [0.15, 0.2) is 0 Å². The van der Waals surface area contributed by atoms with E-state index in [9.17, 15) is 19.7 Å². The molecule has 0 N–H and O–H groups in total. The third kappa shape index (κ3) is 1.55. The van der Waals surface area contributed by atoms with Gasteiger partial charge < -0.3 is 0 Å². The second-order valence-electron chi connectivity index (χ2n) is 6.24. The number of carbonyl (C=O) groups is 2. The normalized spacial score (nSPS) is 32.0. The van der Waals surface area contributed by atoms with E-state index in [0.29, 0.717) is 11.3 Å². The van der Waals surface area contributed by atoms with Crippen molar-refractivity contribution in [1.29, 1.82) is 0 Å². The molecule has 1 aliphatic heterocycles. The van der Waals surface area contributed by atoms with Crippen molar-refractivity contribution in [2.45, 2.75) is 13.3 Å². The van der Waals surface area contributed by atoms with E-state index in [1.54, 1.807) is 19.1 Å². The maximum atomic E-state index is 12.7. The number of nitrogens with zero attached hydrogens (tertiary/aromatic N) is 2. The number of hydrogen-bond acceptors (Lipinski definition) is 4. The van der Waals surface area contributed by atoms with Gasteiger partial charge in [0, 0.05) is 11.6 Å². The zero-order chi connectivity index (χ0) is 15.6. The topological polar surface area (TPSA) is 80.5 Å². The fourth-order valence-electron chi connectivity index (χ4n) is 4.09. The average molecular weight is 298 g/mol. The standard InChI is InChI=1S/C16H14N2O4/c1-8-2-5-11(7-12(8)18(21)22)17-15(19)13-9-3-4-10(6-9)14(13)16(17)20/h2-5,7,9-10,13-14H,6H2,1H3/t9-,10+,13-,14-/m0/s1. The first-order valence-corrected chi connectivity index (χ1v) is 7.30. The molecule has 1 saturated carbocycles. The largest absolute Gasteiger partial charge is 0.274 e. The number of fused-ring (bicyclic) bond motifs is 5. The molecule has 0 spiro atoms. The van der Waals surface area contributed by atoms with Crippen LogP contribution in [0.3, 0.4) is 0 Å². The molecular formula is C16H14N2O4. The average Bonchev–Trinajstić information content (AvgIpc) is 3.14. The van der Waals surface area contributed by atoms with Crippen LogP contribution < -0.4 is 4.90 Å². The Morgan fingerprint density at radius 2 is 1.73 bits per heavy atom. The number of aryl methyl sites for hydroxylation is 1. The predicted octanol–water partition coefficient (Wildman–Crippen LogP) is 2.21. The zero-order valence-corrected chi connectivity index (χ0v) is 11.9. The van der Waals surface area contributed by atoms with E-state index in [1.165, 1.54) is 6.07 Å². The second-order valence-corrected chi connectivity index (χ2v) is 6.24. The summed E-state index contributed by atoms with van der Waals surface area (Å²) >= 11 is 0. The van der Waals surface area contributed by atoms with Crippen molar-refractivity contribution >= 4 is 23.2 Å². The van der Waals surface area contributed by atoms with Crippen molar-refractivity contribution in [1.82, 2.24) is 0 Å². The van der Waals surface area contributed by atoms with Crippen LogP contribution in [0.5, 0.6) is 0 Å². The van der Waals surface area contributed by atoms with Crippen LogP contribution in [0.25, 0.3) is 0 Å². The van der Waals surface area contributed by atoms with Gasteiger partial charge in [-0.3, -0.25) is 19.7 Å². The fraction of sp³-hybridized carbons (Fsp3) is 0.375. The minimum absolute atomic E-state index is 0.0729. The van der Waals surface area contributed by atoms with Crippen molar-refractivity contribution in [3.05, 3.63) is 46.0 Å². The minimum atomic E-state index is -0.490. The number of hydrogen-bond donors (Lipinski definition) is 0. The van der Waals surface area contributed by atoms with Gasteiger partial charge in [0.2, 0.25) is 11.8 Å². The summed E-state index contributed by atoms with van der Waals surface area (Å²) in [7, 11) is 0. The SMILES string of the molecule is Cc1ccc(N2C(=O)[C@@H]3[C@@H](C2=O)[C@H]2C=C[C@@H]3C2)cc1[N+](=O)[O-]. The van der Waals surface area contributed by atoms with E-state index >= 15 is 0 Å². The van der Waals surface area contributed by atoms with E-state index < -0.39 is 4.92 Å². The molecule has 2 amide bonds. The van der Waals surface area contributed by atoms with E-state index in [0.717, 1.165) is 11.3 Å². The Balaban J connectivity index is 1.76. The summed E-state index contributed by atoms with van der Waals surface area (Å²) in [5.41, 5.74) is 0.743. The highest BCUT2D eigenvalue weighted by molar-refractivity contribution is 6.22. The first-order chi connectivity index (χ1) is 10.5. The van der Waals surface area contributed by atoms with Gasteiger partial charge in [-0.2, -0.15) is 0 Å². The number of nitro groups is 1. The molecule has 2 aliphatic carbocycles. The van der Waals surface area contributed by atoms with Gasteiger partial charge in [0.1, 0.15) is 0 Å². The maximum Gasteiger partial charge on any atom is 0.274 e. The van der Waals surface area contributed by atoms with Gasteiger partial charge in [-0.05, 0) is 31.2 Å². The molecule has 1 saturated heterocycles. The molecular weight excluding hydrogens is 284 g/mol. The van der Waals surface area contributed by atoms with Gasteiger partial charge in [-0.25, -0.2) is 4.90 Å². The van der Waals surface area contributed by atoms with E-state index in [1.807, 2.05) is 12.2 Å². The highest BCUT2D eigenvalue weighted by Crippen LogP contribution is 2.53. The third-order valence-corrected chi connectivity index (χ3v) is 5.12. The molecule has 22 heavy (non-hydrogen) atoms. The van der Waals surface area contributed by atoms with Gasteiger partial charge in [-0.1, -0.05) is 18.2 Å². The lowest BCUT2D eigenvalue weighted by Crippen LogP contribution is -2.32. The highest BCUT2D eigenvalue weighted by atomic mass is 16.6. The van der Waals surface area contributed by atoms with Gasteiger partial charge in [0.25, 0.3) is 5.69 Å². The Labute approximate surface area is 126 Å². The summed E-state index contributed by atoms with van der Waals surface area (Å²) < 4.78 is 0. The summed E-state index contributed by atoms with van der Waals surface area (Å²) in [5.74, 6) is -0.741. The molecule has 0 aromatic heterocycles. The molecule has 2 bridgehead atoms. The van der Waals surface area contributed by atoms with Crippen molar-refractivity contribution in [3.63, 3.8) is 0 Å². The van der Waals surface area contributed by atoms with Crippen LogP contribution in [-0.2, 0) is 9.59 Å². The minimum Gasteiger partial charge on any atom is -0.274 e. The van der Waals surface area contributed by atoms with E-state index in [2.05, 4.69) is 0 Å². The van der Waals surface area contributed by atoms with Crippen LogP contribution in [0.1, 0.15) is 12.0 Å². The Morgan fingerprint density at radius 3 is 2.27 bits per heavy atom. The van der Waals surface area contributed by atoms with Crippen LogP contribution in [0.2, 0.25) is 0 Å². The second kappa shape index (κ2) is 4.25. The number of carbonyl (C=O) groups excluding carboxylic acids is 2. The zero-order valence-electron chi connectivity index (χ0n) is 11.9. The Hall–Kier alpha value is -2.50. The Morgan fingerprint density at radius 1 is 1.14 bits per heavy atom. The number of benzene rings is 1. The fourth-order valence-corrected chi connectivity index (χ4v) is 4.09. The van der Waals surface area contributed by atoms with Gasteiger partial charge >= 0.3 is 0 Å². The molecule has 4 atom stereocenters. The first kappa shape index (κ1) is 13.2. The summed E-state index contributed by atoms with van der Waals surface area (Å²) in [4.78, 5) is 37.0. The Bertz CT molecular complexity index is 725. The molecule has 1 aromatic carbocycles. The third-order valence-electron chi connectivity index (χ3n) is 5.12. The quantitative estimate of drug-likeness (QED) is 0.363. The van der Waals surface area contributed by atoms with E-state index in [-0.39, 0.29) is 41.2 Å². The number of amides is 2. The smallest absolute Gasteiger partial charge is 0.274 e. The lowest BCUT2D eigenvalue weighted by atomic mass is 9.85. The van der Waals surface area contributed by atoms with Gasteiger partial charge in [0.05, 0.1) is 22.4 Å². The molecule has 6 heteroatoms. The first-order valence-electron chi connectivity index (χ1n) is 7.30. The summed E-state index contributed by atoms with van der Waals surface area (Å²) in [6, 6.07) is 4.50. The summed E-state index contributed by atoms with van der Waals surface area (Å²) in [5, 5.41) is 11.1. The predicted molar refractivity (Wildman–Crippen MR) is 78.0 cm³/mol.